The van der Waals surface area contributed by atoms with Gasteiger partial charge in [0, 0.05) is 29.4 Å². The van der Waals surface area contributed by atoms with E-state index >= 15 is 0 Å². The Hall–Kier alpha value is -3.87. The third-order valence-corrected chi connectivity index (χ3v) is 5.63. The number of likely N-dealkylation sites (tertiary alicyclic amines) is 1. The Balaban J connectivity index is 1.62. The summed E-state index contributed by atoms with van der Waals surface area (Å²) in [5.74, 6) is -0.0646. The number of fused-ring (bicyclic) bond motifs is 1. The molecule has 0 bridgehead atoms. The quantitative estimate of drug-likeness (QED) is 0.530. The van der Waals surface area contributed by atoms with Crippen LogP contribution in [0.5, 0.6) is 0 Å². The Bertz CT molecular complexity index is 1280. The average Bonchev–Trinajstić information content (AvgIpc) is 3.21. The number of carbonyl (C=O) groups excluding carboxylic acids is 1. The highest BCUT2D eigenvalue weighted by Crippen LogP contribution is 2.34. The van der Waals surface area contributed by atoms with Gasteiger partial charge in [-0.05, 0) is 32.9 Å². The lowest BCUT2D eigenvalue weighted by Gasteiger charge is -2.24. The first-order chi connectivity index (χ1) is 16.5. The summed E-state index contributed by atoms with van der Waals surface area (Å²) in [4.78, 5) is 14.0. The molecule has 3 aromatic rings. The van der Waals surface area contributed by atoms with Crippen molar-refractivity contribution in [3.05, 3.63) is 54.1 Å². The predicted octanol–water partition coefficient (Wildman–Crippen LogP) is 5.49. The van der Waals surface area contributed by atoms with Gasteiger partial charge in [0.25, 0.3) is 0 Å². The molecule has 10 heteroatoms. The van der Waals surface area contributed by atoms with Gasteiger partial charge < -0.3 is 15.0 Å². The fourth-order valence-corrected chi connectivity index (χ4v) is 3.97. The van der Waals surface area contributed by atoms with Crippen LogP contribution in [-0.2, 0) is 10.9 Å². The van der Waals surface area contributed by atoms with Crippen LogP contribution in [0.1, 0.15) is 26.3 Å². The van der Waals surface area contributed by atoms with Gasteiger partial charge in [-0.2, -0.15) is 18.4 Å². The first-order valence-corrected chi connectivity index (χ1v) is 11.0. The summed E-state index contributed by atoms with van der Waals surface area (Å²) < 4.78 is 44.3. The van der Waals surface area contributed by atoms with Gasteiger partial charge in [0.15, 0.2) is 5.82 Å². The van der Waals surface area contributed by atoms with Crippen LogP contribution in [-0.4, -0.2) is 45.9 Å². The number of rotatable bonds is 3. The van der Waals surface area contributed by atoms with Crippen LogP contribution in [0.4, 0.5) is 23.8 Å². The van der Waals surface area contributed by atoms with E-state index in [0.29, 0.717) is 27.8 Å². The van der Waals surface area contributed by atoms with E-state index in [1.807, 2.05) is 18.2 Å². The Morgan fingerprint density at radius 2 is 1.71 bits per heavy atom. The third-order valence-electron chi connectivity index (χ3n) is 5.63. The molecule has 0 aliphatic carbocycles. The monoisotopic (exact) mass is 483 g/mol. The third kappa shape index (κ3) is 5.29. The Labute approximate surface area is 200 Å². The predicted molar refractivity (Wildman–Crippen MR) is 124 cm³/mol. The number of amides is 1. The van der Waals surface area contributed by atoms with Crippen molar-refractivity contribution in [2.24, 2.45) is 5.92 Å². The number of nitrogens with one attached hydrogen (secondary N) is 1. The number of carbonyl (C=O) groups is 1. The molecular weight excluding hydrogens is 459 g/mol. The fraction of sp³-hybridized carbons (Fsp3) is 0.360. The molecule has 0 spiro atoms. The topological polar surface area (TPSA) is 91.1 Å². The highest BCUT2D eigenvalue weighted by atomic mass is 19.4. The molecule has 35 heavy (non-hydrogen) atoms. The summed E-state index contributed by atoms with van der Waals surface area (Å²) in [6.07, 6.45) is -4.91. The summed E-state index contributed by atoms with van der Waals surface area (Å²) >= 11 is 0. The number of halogens is 3. The van der Waals surface area contributed by atoms with Gasteiger partial charge in [0.05, 0.1) is 23.6 Å². The molecular formula is C25H24F3N5O2. The zero-order valence-electron chi connectivity index (χ0n) is 19.4. The standard InChI is InChI=1S/C25H24F3N5O2/c1-24(2,3)35-23(34)33-13-16(12-29)20(14-33)30-22-19-7-5-4-6-18(19)21(31-32-22)15-8-10-17(11-9-15)25(26,27)28/h4-11,16,20H,13-14H2,1-3H3,(H,30,32)/t16-,20-/m0/s1. The lowest BCUT2D eigenvalue weighted by molar-refractivity contribution is -0.137. The molecule has 7 nitrogen and oxygen atoms in total. The molecule has 2 heterocycles. The number of aromatic nitrogens is 2. The molecule has 0 unspecified atom stereocenters. The van der Waals surface area contributed by atoms with Crippen molar-refractivity contribution in [2.75, 3.05) is 18.4 Å². The van der Waals surface area contributed by atoms with Gasteiger partial charge in [-0.3, -0.25) is 0 Å². The summed E-state index contributed by atoms with van der Waals surface area (Å²) in [5, 5.41) is 22.9. The van der Waals surface area contributed by atoms with E-state index < -0.39 is 35.4 Å². The van der Waals surface area contributed by atoms with Crippen LogP contribution in [0.2, 0.25) is 0 Å². The minimum atomic E-state index is -4.42. The molecule has 1 fully saturated rings. The van der Waals surface area contributed by atoms with Crippen LogP contribution >= 0.6 is 0 Å². The summed E-state index contributed by atoms with van der Waals surface area (Å²) in [5.41, 5.74) is -0.450. The van der Waals surface area contributed by atoms with E-state index in [-0.39, 0.29) is 13.1 Å². The number of alkyl halides is 3. The number of anilines is 1. The second-order valence-electron chi connectivity index (χ2n) is 9.39. The molecule has 1 N–H and O–H groups in total. The molecule has 182 valence electrons. The lowest BCUT2D eigenvalue weighted by Crippen LogP contribution is -2.36. The highest BCUT2D eigenvalue weighted by molar-refractivity contribution is 6.00. The van der Waals surface area contributed by atoms with Crippen molar-refractivity contribution in [1.82, 2.24) is 15.1 Å². The molecule has 1 aliphatic rings. The highest BCUT2D eigenvalue weighted by Gasteiger charge is 2.38. The normalized spacial score (nSPS) is 18.4. The van der Waals surface area contributed by atoms with Gasteiger partial charge in [-0.25, -0.2) is 4.79 Å². The first kappa shape index (κ1) is 24.3. The van der Waals surface area contributed by atoms with Crippen molar-refractivity contribution in [3.63, 3.8) is 0 Å². The molecule has 2 aromatic carbocycles. The van der Waals surface area contributed by atoms with E-state index in [1.54, 1.807) is 26.8 Å². The summed E-state index contributed by atoms with van der Waals surface area (Å²) in [6.45, 7) is 5.80. The number of nitriles is 1. The second-order valence-corrected chi connectivity index (χ2v) is 9.39. The Kier molecular flexibility index (Phi) is 6.28. The maximum absolute atomic E-state index is 12.9. The zero-order valence-corrected chi connectivity index (χ0v) is 19.4. The summed E-state index contributed by atoms with van der Waals surface area (Å²) in [6, 6.07) is 13.8. The van der Waals surface area contributed by atoms with Crippen LogP contribution in [0, 0.1) is 17.2 Å². The largest absolute Gasteiger partial charge is 0.444 e. The van der Waals surface area contributed by atoms with Crippen molar-refractivity contribution >= 4 is 22.7 Å². The van der Waals surface area contributed by atoms with Gasteiger partial charge in [-0.15, -0.1) is 10.2 Å². The van der Waals surface area contributed by atoms with E-state index in [4.69, 9.17) is 4.74 Å². The average molecular weight is 483 g/mol. The summed E-state index contributed by atoms with van der Waals surface area (Å²) in [7, 11) is 0. The molecule has 1 aromatic heterocycles. The number of nitrogens with zero attached hydrogens (tertiary/aromatic N) is 4. The van der Waals surface area contributed by atoms with Gasteiger partial charge in [0.1, 0.15) is 11.3 Å². The Morgan fingerprint density at radius 3 is 2.31 bits per heavy atom. The molecule has 0 saturated carbocycles. The van der Waals surface area contributed by atoms with E-state index in [1.165, 1.54) is 17.0 Å². The van der Waals surface area contributed by atoms with Crippen LogP contribution in [0.15, 0.2) is 48.5 Å². The second kappa shape index (κ2) is 9.06. The smallest absolute Gasteiger partial charge is 0.416 e. The minimum Gasteiger partial charge on any atom is -0.444 e. The van der Waals surface area contributed by atoms with E-state index in [0.717, 1.165) is 12.1 Å². The lowest BCUT2D eigenvalue weighted by atomic mass is 10.0. The van der Waals surface area contributed by atoms with Gasteiger partial charge >= 0.3 is 12.3 Å². The fourth-order valence-electron chi connectivity index (χ4n) is 3.97. The number of hydrogen-bond donors (Lipinski definition) is 1. The van der Waals surface area contributed by atoms with Crippen LogP contribution < -0.4 is 5.32 Å². The molecule has 0 radical (unpaired) electrons. The van der Waals surface area contributed by atoms with Crippen molar-refractivity contribution in [1.29, 1.82) is 5.26 Å². The van der Waals surface area contributed by atoms with E-state index in [9.17, 15) is 23.2 Å². The minimum absolute atomic E-state index is 0.220. The van der Waals surface area contributed by atoms with Crippen molar-refractivity contribution in [3.8, 4) is 17.3 Å². The molecule has 4 rings (SSSR count). The molecule has 1 aliphatic heterocycles. The van der Waals surface area contributed by atoms with Crippen molar-refractivity contribution in [2.45, 2.75) is 38.6 Å². The van der Waals surface area contributed by atoms with Crippen LogP contribution in [0.25, 0.3) is 22.0 Å². The van der Waals surface area contributed by atoms with Crippen molar-refractivity contribution < 1.29 is 22.7 Å². The van der Waals surface area contributed by atoms with Crippen LogP contribution in [0.3, 0.4) is 0 Å². The van der Waals surface area contributed by atoms with Gasteiger partial charge in [-0.1, -0.05) is 36.4 Å². The molecule has 2 atom stereocenters. The number of benzene rings is 2. The number of hydrogen-bond acceptors (Lipinski definition) is 6. The number of ether oxygens (including phenoxy) is 1. The molecule has 1 saturated heterocycles. The van der Waals surface area contributed by atoms with E-state index in [2.05, 4.69) is 21.6 Å². The van der Waals surface area contributed by atoms with Gasteiger partial charge in [0.2, 0.25) is 0 Å². The maximum atomic E-state index is 12.9. The maximum Gasteiger partial charge on any atom is 0.416 e. The zero-order chi connectivity index (χ0) is 25.4. The first-order valence-electron chi connectivity index (χ1n) is 11.0. The SMILES string of the molecule is CC(C)(C)OC(=O)N1C[C@H](Nc2nnc(-c3ccc(C(F)(F)F)cc3)c3ccccc23)[C@@H](C#N)C1. The molecule has 1 amide bonds. The Morgan fingerprint density at radius 1 is 1.06 bits per heavy atom.